The predicted molar refractivity (Wildman–Crippen MR) is 109 cm³/mol. The van der Waals surface area contributed by atoms with Gasteiger partial charge < -0.3 is 15.7 Å². The van der Waals surface area contributed by atoms with E-state index in [0.717, 1.165) is 25.8 Å². The van der Waals surface area contributed by atoms with Gasteiger partial charge in [0.15, 0.2) is 0 Å². The number of hydrogen-bond donors (Lipinski definition) is 3. The lowest BCUT2D eigenvalue weighted by molar-refractivity contribution is -0.137. The van der Waals surface area contributed by atoms with Gasteiger partial charge in [-0.1, -0.05) is 70.6 Å². The molecule has 0 saturated carbocycles. The fourth-order valence-corrected chi connectivity index (χ4v) is 2.93. The van der Waals surface area contributed by atoms with Crippen molar-refractivity contribution in [3.8, 4) is 0 Å². The highest BCUT2D eigenvalue weighted by molar-refractivity contribution is 5.74. The minimum atomic E-state index is -0.674. The van der Waals surface area contributed by atoms with E-state index in [1.54, 1.807) is 0 Å². The van der Waals surface area contributed by atoms with Crippen molar-refractivity contribution in [1.29, 1.82) is 0 Å². The molecule has 0 aliphatic rings. The minimum absolute atomic E-state index is 0.0700. The van der Waals surface area contributed by atoms with E-state index in [1.807, 2.05) is 20.8 Å². The zero-order valence-electron chi connectivity index (χ0n) is 17.4. The van der Waals surface area contributed by atoms with Crippen LogP contribution in [0.4, 0.5) is 4.79 Å². The van der Waals surface area contributed by atoms with Crippen molar-refractivity contribution >= 4 is 12.0 Å². The van der Waals surface area contributed by atoms with Gasteiger partial charge >= 0.3 is 12.0 Å². The molecule has 2 amide bonds. The van der Waals surface area contributed by atoms with Crippen molar-refractivity contribution in [1.82, 2.24) is 10.6 Å². The molecule has 154 valence electrons. The van der Waals surface area contributed by atoms with E-state index in [-0.39, 0.29) is 11.6 Å². The van der Waals surface area contributed by atoms with Gasteiger partial charge in [0.1, 0.15) is 0 Å². The number of rotatable bonds is 16. The highest BCUT2D eigenvalue weighted by atomic mass is 16.4. The molecule has 0 saturated heterocycles. The fourth-order valence-electron chi connectivity index (χ4n) is 2.93. The average Bonchev–Trinajstić information content (AvgIpc) is 2.52. The maximum absolute atomic E-state index is 11.6. The van der Waals surface area contributed by atoms with E-state index >= 15 is 0 Å². The third kappa shape index (κ3) is 20.8. The molecule has 0 rings (SSSR count). The smallest absolute Gasteiger partial charge is 0.315 e. The monoisotopic (exact) mass is 370 g/mol. The lowest BCUT2D eigenvalue weighted by atomic mass is 10.0. The maximum atomic E-state index is 11.6. The number of hydrogen-bond acceptors (Lipinski definition) is 2. The highest BCUT2D eigenvalue weighted by Gasteiger charge is 2.12. The van der Waals surface area contributed by atoms with Gasteiger partial charge in [-0.15, -0.1) is 0 Å². The quantitative estimate of drug-likeness (QED) is 0.308. The standard InChI is InChI=1S/C21H42N2O3/c1-21(2,3)23-20(26)22-18-16-14-12-10-8-6-4-5-7-9-11-13-15-17-19(24)25/h4-18H2,1-3H3,(H,24,25)(H2,22,23,26). The Labute approximate surface area is 160 Å². The molecule has 0 aromatic heterocycles. The topological polar surface area (TPSA) is 78.4 Å². The second-order valence-corrected chi connectivity index (χ2v) is 8.37. The maximum Gasteiger partial charge on any atom is 0.315 e. The van der Waals surface area contributed by atoms with E-state index in [1.165, 1.54) is 64.2 Å². The molecule has 0 bridgehead atoms. The molecule has 0 fully saturated rings. The van der Waals surface area contributed by atoms with Crippen LogP contribution in [0, 0.1) is 0 Å². The number of carbonyl (C=O) groups is 2. The first kappa shape index (κ1) is 24.7. The molecule has 0 unspecified atom stereocenters. The Morgan fingerprint density at radius 2 is 1.08 bits per heavy atom. The number of carboxylic acids is 1. The highest BCUT2D eigenvalue weighted by Crippen LogP contribution is 2.12. The third-order valence-electron chi connectivity index (χ3n) is 4.34. The van der Waals surface area contributed by atoms with Crippen LogP contribution in [0.5, 0.6) is 0 Å². The Morgan fingerprint density at radius 1 is 0.692 bits per heavy atom. The summed E-state index contributed by atoms with van der Waals surface area (Å²) in [5, 5.41) is 14.4. The van der Waals surface area contributed by atoms with Gasteiger partial charge in [0.05, 0.1) is 0 Å². The first-order valence-corrected chi connectivity index (χ1v) is 10.6. The zero-order valence-corrected chi connectivity index (χ0v) is 17.4. The van der Waals surface area contributed by atoms with Gasteiger partial charge in [-0.05, 0) is 33.6 Å². The number of urea groups is 1. The lowest BCUT2D eigenvalue weighted by Gasteiger charge is -2.20. The Bertz CT molecular complexity index is 365. The Hall–Kier alpha value is -1.26. The fraction of sp³-hybridized carbons (Fsp3) is 0.905. The Morgan fingerprint density at radius 3 is 1.46 bits per heavy atom. The molecule has 0 radical (unpaired) electrons. The summed E-state index contributed by atoms with van der Waals surface area (Å²) in [6, 6.07) is -0.0700. The second kappa shape index (κ2) is 16.0. The number of unbranched alkanes of at least 4 members (excludes halogenated alkanes) is 12. The van der Waals surface area contributed by atoms with Gasteiger partial charge in [0.25, 0.3) is 0 Å². The van der Waals surface area contributed by atoms with Crippen molar-refractivity contribution in [3.63, 3.8) is 0 Å². The molecular weight excluding hydrogens is 328 g/mol. The third-order valence-corrected chi connectivity index (χ3v) is 4.34. The van der Waals surface area contributed by atoms with E-state index in [0.29, 0.717) is 6.42 Å². The molecule has 0 aromatic carbocycles. The molecule has 0 aliphatic carbocycles. The lowest BCUT2D eigenvalue weighted by Crippen LogP contribution is -2.46. The zero-order chi connectivity index (χ0) is 19.7. The van der Waals surface area contributed by atoms with E-state index in [4.69, 9.17) is 5.11 Å². The summed E-state index contributed by atoms with van der Waals surface area (Å²) in [4.78, 5) is 22.0. The molecule has 0 atom stereocenters. The van der Waals surface area contributed by atoms with Crippen molar-refractivity contribution in [2.45, 2.75) is 116 Å². The van der Waals surface area contributed by atoms with E-state index < -0.39 is 5.97 Å². The van der Waals surface area contributed by atoms with Crippen molar-refractivity contribution in [2.75, 3.05) is 6.54 Å². The van der Waals surface area contributed by atoms with Crippen LogP contribution in [-0.2, 0) is 4.79 Å². The number of carbonyl (C=O) groups excluding carboxylic acids is 1. The SMILES string of the molecule is CC(C)(C)NC(=O)NCCCCCCCCCCCCCCCC(=O)O. The van der Waals surface area contributed by atoms with Crippen molar-refractivity contribution in [3.05, 3.63) is 0 Å². The molecule has 5 heteroatoms. The van der Waals surface area contributed by atoms with E-state index in [2.05, 4.69) is 10.6 Å². The summed E-state index contributed by atoms with van der Waals surface area (Å²) >= 11 is 0. The molecule has 0 spiro atoms. The van der Waals surface area contributed by atoms with Gasteiger partial charge in [0.2, 0.25) is 0 Å². The van der Waals surface area contributed by atoms with Crippen LogP contribution in [0.15, 0.2) is 0 Å². The minimum Gasteiger partial charge on any atom is -0.481 e. The van der Waals surface area contributed by atoms with Crippen LogP contribution in [-0.4, -0.2) is 29.2 Å². The van der Waals surface area contributed by atoms with Gasteiger partial charge in [-0.25, -0.2) is 4.79 Å². The summed E-state index contributed by atoms with van der Waals surface area (Å²) in [7, 11) is 0. The molecule has 26 heavy (non-hydrogen) atoms. The normalized spacial score (nSPS) is 11.3. The largest absolute Gasteiger partial charge is 0.481 e. The molecular formula is C21H42N2O3. The Balaban J connectivity index is 3.16. The summed E-state index contributed by atoms with van der Waals surface area (Å²) in [6.07, 6.45) is 16.0. The molecule has 0 heterocycles. The molecule has 3 N–H and O–H groups in total. The van der Waals surface area contributed by atoms with Crippen molar-refractivity contribution in [2.24, 2.45) is 0 Å². The summed E-state index contributed by atoms with van der Waals surface area (Å²) in [6.45, 7) is 6.70. The summed E-state index contributed by atoms with van der Waals surface area (Å²) < 4.78 is 0. The van der Waals surface area contributed by atoms with Crippen LogP contribution in [0.3, 0.4) is 0 Å². The van der Waals surface area contributed by atoms with Gasteiger partial charge in [0, 0.05) is 18.5 Å². The predicted octanol–water partition coefficient (Wildman–Crippen LogP) is 5.63. The van der Waals surface area contributed by atoms with Crippen LogP contribution in [0.2, 0.25) is 0 Å². The summed E-state index contributed by atoms with van der Waals surface area (Å²) in [5.74, 6) is -0.674. The summed E-state index contributed by atoms with van der Waals surface area (Å²) in [5.41, 5.74) is -0.176. The number of amides is 2. The van der Waals surface area contributed by atoms with Gasteiger partial charge in [-0.2, -0.15) is 0 Å². The molecule has 0 aromatic rings. The molecule has 5 nitrogen and oxygen atoms in total. The van der Waals surface area contributed by atoms with Crippen molar-refractivity contribution < 1.29 is 14.7 Å². The average molecular weight is 371 g/mol. The van der Waals surface area contributed by atoms with Crippen LogP contribution in [0.25, 0.3) is 0 Å². The first-order chi connectivity index (χ1) is 12.3. The Kier molecular flexibility index (Phi) is 15.2. The number of aliphatic carboxylic acids is 1. The number of nitrogens with one attached hydrogen (secondary N) is 2. The molecule has 0 aliphatic heterocycles. The first-order valence-electron chi connectivity index (χ1n) is 10.6. The van der Waals surface area contributed by atoms with Crippen LogP contribution < -0.4 is 10.6 Å². The van der Waals surface area contributed by atoms with Crippen LogP contribution in [0.1, 0.15) is 111 Å². The van der Waals surface area contributed by atoms with Crippen LogP contribution >= 0.6 is 0 Å². The van der Waals surface area contributed by atoms with E-state index in [9.17, 15) is 9.59 Å². The second-order valence-electron chi connectivity index (χ2n) is 8.37. The van der Waals surface area contributed by atoms with Gasteiger partial charge in [-0.3, -0.25) is 4.79 Å². The number of carboxylic acid groups (broad SMARTS) is 1.